The van der Waals surface area contributed by atoms with E-state index >= 15 is 0 Å². The molecule has 1 aromatic rings. The minimum atomic E-state index is -0.456. The number of hydrogen-bond acceptors (Lipinski definition) is 4. The second-order valence-electron chi connectivity index (χ2n) is 6.64. The molecular formula is C16H24BrN3O2. The van der Waals surface area contributed by atoms with Crippen LogP contribution in [-0.2, 0) is 11.3 Å². The lowest BCUT2D eigenvalue weighted by molar-refractivity contribution is 0.0512. The van der Waals surface area contributed by atoms with Gasteiger partial charge in [0.1, 0.15) is 10.2 Å². The van der Waals surface area contributed by atoms with Crippen molar-refractivity contribution in [3.63, 3.8) is 0 Å². The molecule has 1 amide bonds. The van der Waals surface area contributed by atoms with Crippen LogP contribution in [0, 0.1) is 0 Å². The smallest absolute Gasteiger partial charge is 0.407 e. The molecule has 1 fully saturated rings. The average molecular weight is 370 g/mol. The fourth-order valence-corrected chi connectivity index (χ4v) is 3.04. The van der Waals surface area contributed by atoms with Gasteiger partial charge in [-0.15, -0.1) is 0 Å². The zero-order valence-electron chi connectivity index (χ0n) is 13.4. The van der Waals surface area contributed by atoms with Gasteiger partial charge in [0.2, 0.25) is 0 Å². The number of aromatic nitrogens is 1. The van der Waals surface area contributed by atoms with Crippen LogP contribution in [-0.4, -0.2) is 40.7 Å². The molecule has 0 radical (unpaired) electrons. The Morgan fingerprint density at radius 2 is 2.32 bits per heavy atom. The molecule has 0 aliphatic carbocycles. The van der Waals surface area contributed by atoms with E-state index < -0.39 is 5.60 Å². The summed E-state index contributed by atoms with van der Waals surface area (Å²) in [6.07, 6.45) is 3.73. The predicted molar refractivity (Wildman–Crippen MR) is 89.6 cm³/mol. The number of amides is 1. The average Bonchev–Trinajstić information content (AvgIpc) is 2.82. The van der Waals surface area contributed by atoms with Crippen LogP contribution in [0.4, 0.5) is 4.79 Å². The first kappa shape index (κ1) is 17.2. The number of nitrogens with one attached hydrogen (secondary N) is 1. The van der Waals surface area contributed by atoms with Crippen molar-refractivity contribution in [3.05, 3.63) is 28.5 Å². The van der Waals surface area contributed by atoms with E-state index in [1.54, 1.807) is 0 Å². The second-order valence-corrected chi connectivity index (χ2v) is 7.45. The topological polar surface area (TPSA) is 54.5 Å². The number of alkyl carbamates (subject to hydrolysis) is 1. The molecule has 1 aliphatic rings. The van der Waals surface area contributed by atoms with Crippen molar-refractivity contribution in [1.82, 2.24) is 15.2 Å². The van der Waals surface area contributed by atoms with Crippen LogP contribution in [0.1, 0.15) is 39.2 Å². The minimum absolute atomic E-state index is 0.342. The highest BCUT2D eigenvalue weighted by Gasteiger charge is 2.25. The first-order chi connectivity index (χ1) is 10.3. The minimum Gasteiger partial charge on any atom is -0.444 e. The van der Waals surface area contributed by atoms with Gasteiger partial charge < -0.3 is 10.1 Å². The summed E-state index contributed by atoms with van der Waals surface area (Å²) in [5, 5.41) is 2.88. The molecule has 1 atom stereocenters. The summed E-state index contributed by atoms with van der Waals surface area (Å²) in [7, 11) is 0. The van der Waals surface area contributed by atoms with E-state index in [-0.39, 0.29) is 6.09 Å². The SMILES string of the molecule is CC(C)(C)OC(=O)NC[C@H]1CCCN1Cc1ccnc(Br)c1. The van der Waals surface area contributed by atoms with E-state index in [1.165, 1.54) is 5.56 Å². The number of carbonyl (C=O) groups is 1. The highest BCUT2D eigenvalue weighted by atomic mass is 79.9. The van der Waals surface area contributed by atoms with E-state index in [2.05, 4.69) is 31.1 Å². The first-order valence-electron chi connectivity index (χ1n) is 7.65. The standard InChI is InChI=1S/C16H24BrN3O2/c1-16(2,3)22-15(21)19-10-13-5-4-8-20(13)11-12-6-7-18-14(17)9-12/h6-7,9,13H,4-5,8,10-11H2,1-3H3,(H,19,21)/t13-/m1/s1. The predicted octanol–water partition coefficient (Wildman–Crippen LogP) is 3.33. The van der Waals surface area contributed by atoms with Crippen LogP contribution >= 0.6 is 15.9 Å². The number of halogens is 1. The first-order valence-corrected chi connectivity index (χ1v) is 8.44. The maximum absolute atomic E-state index is 11.8. The van der Waals surface area contributed by atoms with Gasteiger partial charge in [0.05, 0.1) is 0 Å². The number of likely N-dealkylation sites (tertiary alicyclic amines) is 1. The summed E-state index contributed by atoms with van der Waals surface area (Å²) in [4.78, 5) is 18.3. The Morgan fingerprint density at radius 1 is 1.55 bits per heavy atom. The van der Waals surface area contributed by atoms with Gasteiger partial charge in [-0.25, -0.2) is 9.78 Å². The third-order valence-electron chi connectivity index (χ3n) is 3.56. The van der Waals surface area contributed by atoms with Crippen molar-refractivity contribution in [2.45, 2.75) is 51.8 Å². The van der Waals surface area contributed by atoms with E-state index in [0.29, 0.717) is 12.6 Å². The molecule has 2 heterocycles. The maximum atomic E-state index is 11.8. The van der Waals surface area contributed by atoms with Gasteiger partial charge in [-0.05, 0) is 73.8 Å². The molecule has 1 aromatic heterocycles. The lowest BCUT2D eigenvalue weighted by Gasteiger charge is -2.26. The van der Waals surface area contributed by atoms with Gasteiger partial charge in [0.25, 0.3) is 0 Å². The van der Waals surface area contributed by atoms with E-state index in [9.17, 15) is 4.79 Å². The molecule has 1 N–H and O–H groups in total. The van der Waals surface area contributed by atoms with Gasteiger partial charge in [-0.3, -0.25) is 4.90 Å². The largest absolute Gasteiger partial charge is 0.444 e. The number of pyridine rings is 1. The summed E-state index contributed by atoms with van der Waals surface area (Å²) in [6.45, 7) is 8.17. The Balaban J connectivity index is 1.84. The molecule has 0 spiro atoms. The quantitative estimate of drug-likeness (QED) is 0.826. The summed E-state index contributed by atoms with van der Waals surface area (Å²) < 4.78 is 6.14. The molecule has 5 nitrogen and oxygen atoms in total. The number of rotatable bonds is 4. The summed E-state index contributed by atoms with van der Waals surface area (Å²) in [6, 6.07) is 4.43. The van der Waals surface area contributed by atoms with Crippen molar-refractivity contribution in [2.24, 2.45) is 0 Å². The Bertz CT molecular complexity index is 516. The third-order valence-corrected chi connectivity index (χ3v) is 3.99. The molecule has 2 rings (SSSR count). The van der Waals surface area contributed by atoms with Crippen molar-refractivity contribution in [3.8, 4) is 0 Å². The highest BCUT2D eigenvalue weighted by Crippen LogP contribution is 2.20. The fourth-order valence-electron chi connectivity index (χ4n) is 2.63. The number of ether oxygens (including phenoxy) is 1. The van der Waals surface area contributed by atoms with Crippen molar-refractivity contribution < 1.29 is 9.53 Å². The van der Waals surface area contributed by atoms with Gasteiger partial charge >= 0.3 is 6.09 Å². The lowest BCUT2D eigenvalue weighted by atomic mass is 10.2. The van der Waals surface area contributed by atoms with Gasteiger partial charge in [0.15, 0.2) is 0 Å². The van der Waals surface area contributed by atoms with E-state index in [1.807, 2.05) is 39.1 Å². The molecule has 1 aliphatic heterocycles. The van der Waals surface area contributed by atoms with Gasteiger partial charge in [-0.2, -0.15) is 0 Å². The van der Waals surface area contributed by atoms with E-state index in [0.717, 1.165) is 30.5 Å². The molecule has 22 heavy (non-hydrogen) atoms. The van der Waals surface area contributed by atoms with Crippen molar-refractivity contribution >= 4 is 22.0 Å². The molecule has 0 aromatic carbocycles. The van der Waals surface area contributed by atoms with Crippen LogP contribution in [0.5, 0.6) is 0 Å². The van der Waals surface area contributed by atoms with Crippen LogP contribution in [0.15, 0.2) is 22.9 Å². The van der Waals surface area contributed by atoms with Gasteiger partial charge in [0, 0.05) is 25.3 Å². The summed E-state index contributed by atoms with van der Waals surface area (Å²) in [5.41, 5.74) is 0.772. The Kier molecular flexibility index (Phi) is 5.81. The number of nitrogens with zero attached hydrogens (tertiary/aromatic N) is 2. The molecule has 0 bridgehead atoms. The van der Waals surface area contributed by atoms with Crippen LogP contribution in [0.2, 0.25) is 0 Å². The van der Waals surface area contributed by atoms with Crippen LogP contribution < -0.4 is 5.32 Å². The summed E-state index contributed by atoms with van der Waals surface area (Å²) >= 11 is 3.40. The zero-order chi connectivity index (χ0) is 16.2. The second kappa shape index (κ2) is 7.42. The Morgan fingerprint density at radius 3 is 3.00 bits per heavy atom. The molecule has 1 saturated heterocycles. The Labute approximate surface area is 140 Å². The summed E-state index contributed by atoms with van der Waals surface area (Å²) in [5.74, 6) is 0. The normalized spacial score (nSPS) is 19.2. The molecular weight excluding hydrogens is 346 g/mol. The zero-order valence-corrected chi connectivity index (χ0v) is 15.0. The fraction of sp³-hybridized carbons (Fsp3) is 0.625. The lowest BCUT2D eigenvalue weighted by Crippen LogP contribution is -2.41. The number of carbonyl (C=O) groups excluding carboxylic acids is 1. The highest BCUT2D eigenvalue weighted by molar-refractivity contribution is 9.10. The molecule has 122 valence electrons. The third kappa shape index (κ3) is 5.57. The van der Waals surface area contributed by atoms with Crippen molar-refractivity contribution in [2.75, 3.05) is 13.1 Å². The van der Waals surface area contributed by atoms with Crippen molar-refractivity contribution in [1.29, 1.82) is 0 Å². The van der Waals surface area contributed by atoms with Crippen LogP contribution in [0.3, 0.4) is 0 Å². The number of hydrogen-bond donors (Lipinski definition) is 1. The molecule has 6 heteroatoms. The van der Waals surface area contributed by atoms with Crippen LogP contribution in [0.25, 0.3) is 0 Å². The van der Waals surface area contributed by atoms with E-state index in [4.69, 9.17) is 4.74 Å². The maximum Gasteiger partial charge on any atom is 0.407 e. The molecule has 0 saturated carbocycles. The Hall–Kier alpha value is -1.14. The monoisotopic (exact) mass is 369 g/mol. The molecule has 0 unspecified atom stereocenters. The van der Waals surface area contributed by atoms with Gasteiger partial charge in [-0.1, -0.05) is 0 Å².